The number of pyridine rings is 1. The average molecular weight is 338 g/mol. The summed E-state index contributed by atoms with van der Waals surface area (Å²) >= 11 is 0. The third-order valence-corrected chi connectivity index (χ3v) is 3.88. The summed E-state index contributed by atoms with van der Waals surface area (Å²) in [6.07, 6.45) is 4.96. The molecule has 2 aromatic heterocycles. The first-order valence-corrected chi connectivity index (χ1v) is 8.08. The molecule has 0 radical (unpaired) electrons. The zero-order valence-corrected chi connectivity index (χ0v) is 14.1. The number of rotatable bonds is 5. The fourth-order valence-electron chi connectivity index (χ4n) is 2.55. The molecule has 0 saturated heterocycles. The Balaban J connectivity index is 1.78. The molecule has 0 aliphatic rings. The average Bonchev–Trinajstić information content (AvgIpc) is 3.03. The van der Waals surface area contributed by atoms with Gasteiger partial charge in [0.15, 0.2) is 11.5 Å². The van der Waals surface area contributed by atoms with Crippen LogP contribution in [0.3, 0.4) is 0 Å². The van der Waals surface area contributed by atoms with Crippen molar-refractivity contribution in [3.63, 3.8) is 0 Å². The van der Waals surface area contributed by atoms with Crippen LogP contribution >= 0.6 is 0 Å². The number of nitrogens with one attached hydrogen (secondary N) is 1. The number of nitrogens with zero attached hydrogens (tertiary/aromatic N) is 3. The van der Waals surface area contributed by atoms with Crippen LogP contribution in [0.1, 0.15) is 31.3 Å². The molecule has 2 heterocycles. The Bertz CT molecular complexity index is 899. The Morgan fingerprint density at radius 1 is 1.16 bits per heavy atom. The molecule has 128 valence electrons. The van der Waals surface area contributed by atoms with Crippen LogP contribution in [0, 0.1) is 11.7 Å². The van der Waals surface area contributed by atoms with E-state index in [2.05, 4.69) is 15.5 Å². The minimum absolute atomic E-state index is 0.135. The lowest BCUT2D eigenvalue weighted by atomic mass is 10.0. The lowest BCUT2D eigenvalue weighted by molar-refractivity contribution is -0.117. The predicted molar refractivity (Wildman–Crippen MR) is 94.1 cm³/mol. The predicted octanol–water partition coefficient (Wildman–Crippen LogP) is 3.40. The van der Waals surface area contributed by atoms with Gasteiger partial charge in [-0.2, -0.15) is 0 Å². The van der Waals surface area contributed by atoms with E-state index in [1.54, 1.807) is 18.2 Å². The van der Waals surface area contributed by atoms with Gasteiger partial charge in [-0.05, 0) is 41.8 Å². The van der Waals surface area contributed by atoms with E-state index >= 15 is 0 Å². The van der Waals surface area contributed by atoms with E-state index in [1.165, 1.54) is 18.2 Å². The number of fused-ring (bicyclic) bond motifs is 1. The molecular weight excluding hydrogens is 319 g/mol. The standard InChI is InChI=1S/C19H19FN4O/c1-13(2)18(19-23-22-16-5-3-4-12-24(16)19)21-17(25)11-8-14-6-9-15(20)10-7-14/h3-13,18H,1-2H3,(H,21,25)/b11-8+/t18-/m0/s1. The second-order valence-corrected chi connectivity index (χ2v) is 6.10. The van der Waals surface area contributed by atoms with Gasteiger partial charge >= 0.3 is 0 Å². The number of aromatic nitrogens is 3. The summed E-state index contributed by atoms with van der Waals surface area (Å²) in [6, 6.07) is 11.3. The molecule has 0 aliphatic carbocycles. The van der Waals surface area contributed by atoms with Crippen LogP contribution in [-0.2, 0) is 4.79 Å². The molecule has 0 bridgehead atoms. The maximum Gasteiger partial charge on any atom is 0.244 e. The summed E-state index contributed by atoms with van der Waals surface area (Å²) in [5.41, 5.74) is 1.49. The maximum absolute atomic E-state index is 12.9. The molecule has 6 heteroatoms. The second kappa shape index (κ2) is 7.25. The molecular formula is C19H19FN4O. The van der Waals surface area contributed by atoms with Crippen LogP contribution < -0.4 is 5.32 Å². The van der Waals surface area contributed by atoms with E-state index < -0.39 is 0 Å². The van der Waals surface area contributed by atoms with E-state index in [4.69, 9.17) is 0 Å². The second-order valence-electron chi connectivity index (χ2n) is 6.10. The largest absolute Gasteiger partial charge is 0.342 e. The van der Waals surface area contributed by atoms with Gasteiger partial charge in [0.1, 0.15) is 5.82 Å². The number of carbonyl (C=O) groups excluding carboxylic acids is 1. The summed E-state index contributed by atoms with van der Waals surface area (Å²) in [7, 11) is 0. The van der Waals surface area contributed by atoms with Crippen molar-refractivity contribution in [2.24, 2.45) is 5.92 Å². The Morgan fingerprint density at radius 2 is 1.92 bits per heavy atom. The Labute approximate surface area is 145 Å². The van der Waals surface area contributed by atoms with Gasteiger partial charge in [0.05, 0.1) is 6.04 Å². The number of hydrogen-bond acceptors (Lipinski definition) is 3. The molecule has 3 aromatic rings. The smallest absolute Gasteiger partial charge is 0.244 e. The number of halogens is 1. The SMILES string of the molecule is CC(C)[C@H](NC(=O)/C=C/c1ccc(F)cc1)c1nnc2ccccn12. The van der Waals surface area contributed by atoms with Crippen molar-refractivity contribution in [2.45, 2.75) is 19.9 Å². The quantitative estimate of drug-likeness (QED) is 0.726. The third-order valence-electron chi connectivity index (χ3n) is 3.88. The number of hydrogen-bond donors (Lipinski definition) is 1. The van der Waals surface area contributed by atoms with Crippen molar-refractivity contribution in [2.75, 3.05) is 0 Å². The van der Waals surface area contributed by atoms with E-state index in [0.29, 0.717) is 5.82 Å². The Morgan fingerprint density at radius 3 is 2.64 bits per heavy atom. The van der Waals surface area contributed by atoms with Gasteiger partial charge in [0.2, 0.25) is 5.91 Å². The van der Waals surface area contributed by atoms with E-state index in [-0.39, 0.29) is 23.7 Å². The molecule has 25 heavy (non-hydrogen) atoms. The van der Waals surface area contributed by atoms with Gasteiger partial charge in [-0.25, -0.2) is 4.39 Å². The van der Waals surface area contributed by atoms with Crippen molar-refractivity contribution in [1.29, 1.82) is 0 Å². The summed E-state index contributed by atoms with van der Waals surface area (Å²) in [4.78, 5) is 12.3. The first-order chi connectivity index (χ1) is 12.0. The Kier molecular flexibility index (Phi) is 4.88. The zero-order chi connectivity index (χ0) is 17.8. The molecule has 3 rings (SSSR count). The summed E-state index contributed by atoms with van der Waals surface area (Å²) in [6.45, 7) is 4.03. The highest BCUT2D eigenvalue weighted by Crippen LogP contribution is 2.20. The highest BCUT2D eigenvalue weighted by molar-refractivity contribution is 5.91. The van der Waals surface area contributed by atoms with Gasteiger partial charge < -0.3 is 5.32 Å². The van der Waals surface area contributed by atoms with E-state index in [9.17, 15) is 9.18 Å². The lowest BCUT2D eigenvalue weighted by Crippen LogP contribution is -2.31. The fraction of sp³-hybridized carbons (Fsp3) is 0.211. The van der Waals surface area contributed by atoms with Crippen molar-refractivity contribution in [1.82, 2.24) is 19.9 Å². The van der Waals surface area contributed by atoms with Crippen LogP contribution in [0.15, 0.2) is 54.7 Å². The molecule has 0 saturated carbocycles. The molecule has 1 amide bonds. The van der Waals surface area contributed by atoms with Crippen LogP contribution in [0.4, 0.5) is 4.39 Å². The molecule has 5 nitrogen and oxygen atoms in total. The molecule has 0 spiro atoms. The van der Waals surface area contributed by atoms with Gasteiger partial charge in [-0.1, -0.05) is 32.0 Å². The molecule has 1 N–H and O–H groups in total. The third kappa shape index (κ3) is 3.91. The number of amides is 1. The maximum atomic E-state index is 12.9. The fourth-order valence-corrected chi connectivity index (χ4v) is 2.55. The molecule has 1 atom stereocenters. The molecule has 0 aliphatic heterocycles. The van der Waals surface area contributed by atoms with Gasteiger partial charge in [-0.3, -0.25) is 9.20 Å². The van der Waals surface area contributed by atoms with Crippen molar-refractivity contribution in [3.05, 3.63) is 71.9 Å². The Hall–Kier alpha value is -3.02. The van der Waals surface area contributed by atoms with Gasteiger partial charge in [0, 0.05) is 12.3 Å². The molecule has 0 unspecified atom stereocenters. The minimum atomic E-state index is -0.305. The summed E-state index contributed by atoms with van der Waals surface area (Å²) in [5.74, 6) is 0.278. The highest BCUT2D eigenvalue weighted by Gasteiger charge is 2.22. The zero-order valence-electron chi connectivity index (χ0n) is 14.1. The number of benzene rings is 1. The lowest BCUT2D eigenvalue weighted by Gasteiger charge is -2.20. The normalized spacial score (nSPS) is 12.8. The van der Waals surface area contributed by atoms with Crippen LogP contribution in [-0.4, -0.2) is 20.5 Å². The number of carbonyl (C=O) groups is 1. The topological polar surface area (TPSA) is 59.3 Å². The monoisotopic (exact) mass is 338 g/mol. The van der Waals surface area contributed by atoms with Crippen LogP contribution in [0.25, 0.3) is 11.7 Å². The molecule has 1 aromatic carbocycles. The van der Waals surface area contributed by atoms with Crippen molar-refractivity contribution >= 4 is 17.6 Å². The first-order valence-electron chi connectivity index (χ1n) is 8.08. The minimum Gasteiger partial charge on any atom is -0.342 e. The first kappa shape index (κ1) is 16.8. The van der Waals surface area contributed by atoms with Crippen molar-refractivity contribution < 1.29 is 9.18 Å². The van der Waals surface area contributed by atoms with Crippen LogP contribution in [0.5, 0.6) is 0 Å². The summed E-state index contributed by atoms with van der Waals surface area (Å²) < 4.78 is 14.8. The van der Waals surface area contributed by atoms with Gasteiger partial charge in [0.25, 0.3) is 0 Å². The van der Waals surface area contributed by atoms with Crippen LogP contribution in [0.2, 0.25) is 0 Å². The summed E-state index contributed by atoms with van der Waals surface area (Å²) in [5, 5.41) is 11.3. The van der Waals surface area contributed by atoms with Gasteiger partial charge in [-0.15, -0.1) is 10.2 Å². The van der Waals surface area contributed by atoms with Crippen molar-refractivity contribution in [3.8, 4) is 0 Å². The molecule has 0 fully saturated rings. The highest BCUT2D eigenvalue weighted by atomic mass is 19.1. The van der Waals surface area contributed by atoms with E-state index in [1.807, 2.05) is 42.6 Å². The van der Waals surface area contributed by atoms with E-state index in [0.717, 1.165) is 11.2 Å².